The molecule has 1 atom stereocenters. The largest absolute Gasteiger partial charge is 0.469 e. The fraction of sp³-hybridized carbons (Fsp3) is 0.353. The first-order valence-corrected chi connectivity index (χ1v) is 8.50. The number of esters is 1. The van der Waals surface area contributed by atoms with Gasteiger partial charge in [-0.25, -0.2) is 0 Å². The SMILES string of the molecule is COC(=O)CC(C)NC(=O)c1ccccc1SCc1cc(C)no1. The first kappa shape index (κ1) is 18.1. The number of ether oxygens (including phenoxy) is 1. The summed E-state index contributed by atoms with van der Waals surface area (Å²) < 4.78 is 9.79. The highest BCUT2D eigenvalue weighted by molar-refractivity contribution is 7.98. The zero-order chi connectivity index (χ0) is 17.5. The molecular weight excluding hydrogens is 328 g/mol. The molecule has 1 unspecified atom stereocenters. The smallest absolute Gasteiger partial charge is 0.307 e. The lowest BCUT2D eigenvalue weighted by Crippen LogP contribution is -2.34. The van der Waals surface area contributed by atoms with Gasteiger partial charge in [0.15, 0.2) is 0 Å². The van der Waals surface area contributed by atoms with Crippen LogP contribution in [0.1, 0.15) is 35.2 Å². The molecule has 2 rings (SSSR count). The number of methoxy groups -OCH3 is 1. The molecule has 1 heterocycles. The third-order valence-electron chi connectivity index (χ3n) is 3.26. The summed E-state index contributed by atoms with van der Waals surface area (Å²) in [6.45, 7) is 3.63. The molecule has 1 aromatic carbocycles. The second kappa shape index (κ2) is 8.54. The average Bonchev–Trinajstić information content (AvgIpc) is 2.98. The minimum atomic E-state index is -0.355. The maximum Gasteiger partial charge on any atom is 0.307 e. The Labute approximate surface area is 144 Å². The van der Waals surface area contributed by atoms with Crippen molar-refractivity contribution in [2.75, 3.05) is 7.11 Å². The van der Waals surface area contributed by atoms with Crippen molar-refractivity contribution in [2.45, 2.75) is 37.0 Å². The summed E-state index contributed by atoms with van der Waals surface area (Å²) in [4.78, 5) is 24.6. The van der Waals surface area contributed by atoms with Crippen molar-refractivity contribution in [3.05, 3.63) is 47.3 Å². The van der Waals surface area contributed by atoms with E-state index < -0.39 is 0 Å². The number of amides is 1. The van der Waals surface area contributed by atoms with Crippen LogP contribution in [-0.4, -0.2) is 30.2 Å². The van der Waals surface area contributed by atoms with E-state index in [1.165, 1.54) is 18.9 Å². The standard InChI is InChI=1S/C17H20N2O4S/c1-11(9-16(20)22-3)18-17(21)14-6-4-5-7-15(14)24-10-13-8-12(2)19-23-13/h4-8,11H,9-10H2,1-3H3,(H,18,21). The van der Waals surface area contributed by atoms with Crippen LogP contribution in [0.5, 0.6) is 0 Å². The van der Waals surface area contributed by atoms with Crippen molar-refractivity contribution < 1.29 is 18.8 Å². The number of rotatable bonds is 7. The van der Waals surface area contributed by atoms with Crippen LogP contribution in [-0.2, 0) is 15.3 Å². The highest BCUT2D eigenvalue weighted by Gasteiger charge is 2.16. The molecule has 0 saturated carbocycles. The molecule has 0 spiro atoms. The van der Waals surface area contributed by atoms with Crippen LogP contribution in [0.25, 0.3) is 0 Å². The van der Waals surface area contributed by atoms with Crippen LogP contribution in [0, 0.1) is 6.92 Å². The van der Waals surface area contributed by atoms with Crippen LogP contribution in [0.15, 0.2) is 39.8 Å². The van der Waals surface area contributed by atoms with E-state index in [1.54, 1.807) is 13.0 Å². The Balaban J connectivity index is 2.01. The van der Waals surface area contributed by atoms with E-state index in [0.29, 0.717) is 11.3 Å². The lowest BCUT2D eigenvalue weighted by atomic mass is 10.2. The van der Waals surface area contributed by atoms with Crippen molar-refractivity contribution >= 4 is 23.6 Å². The first-order chi connectivity index (χ1) is 11.5. The Morgan fingerprint density at radius 2 is 2.12 bits per heavy atom. The lowest BCUT2D eigenvalue weighted by molar-refractivity contribution is -0.141. The van der Waals surface area contributed by atoms with Gasteiger partial charge >= 0.3 is 5.97 Å². The van der Waals surface area contributed by atoms with Crippen LogP contribution < -0.4 is 5.32 Å². The zero-order valence-corrected chi connectivity index (χ0v) is 14.7. The number of thioether (sulfide) groups is 1. The zero-order valence-electron chi connectivity index (χ0n) is 13.9. The van der Waals surface area contributed by atoms with Crippen molar-refractivity contribution in [3.63, 3.8) is 0 Å². The van der Waals surface area contributed by atoms with Crippen LogP contribution in [0.2, 0.25) is 0 Å². The van der Waals surface area contributed by atoms with Gasteiger partial charge in [0, 0.05) is 17.0 Å². The van der Waals surface area contributed by atoms with Gasteiger partial charge in [0.2, 0.25) is 0 Å². The van der Waals surface area contributed by atoms with E-state index in [0.717, 1.165) is 16.3 Å². The molecule has 6 nitrogen and oxygen atoms in total. The molecule has 2 aromatic rings. The predicted molar refractivity (Wildman–Crippen MR) is 90.8 cm³/mol. The Morgan fingerprint density at radius 3 is 2.79 bits per heavy atom. The Kier molecular flexibility index (Phi) is 6.43. The molecule has 0 fully saturated rings. The number of carbonyl (C=O) groups is 2. The average molecular weight is 348 g/mol. The Hall–Kier alpha value is -2.28. The normalized spacial score (nSPS) is 11.8. The van der Waals surface area contributed by atoms with Gasteiger partial charge in [-0.2, -0.15) is 0 Å². The molecule has 24 heavy (non-hydrogen) atoms. The monoisotopic (exact) mass is 348 g/mol. The molecule has 0 aliphatic carbocycles. The van der Waals surface area contributed by atoms with Crippen LogP contribution in [0.3, 0.4) is 0 Å². The second-order valence-electron chi connectivity index (χ2n) is 5.37. The molecule has 0 radical (unpaired) electrons. The number of aromatic nitrogens is 1. The molecule has 1 amide bonds. The number of hydrogen-bond acceptors (Lipinski definition) is 6. The summed E-state index contributed by atoms with van der Waals surface area (Å²) in [6, 6.07) is 8.89. The maximum atomic E-state index is 12.4. The van der Waals surface area contributed by atoms with Crippen LogP contribution >= 0.6 is 11.8 Å². The Bertz CT molecular complexity index is 714. The van der Waals surface area contributed by atoms with Gasteiger partial charge in [-0.15, -0.1) is 11.8 Å². The highest BCUT2D eigenvalue weighted by Crippen LogP contribution is 2.26. The number of nitrogens with zero attached hydrogens (tertiary/aromatic N) is 1. The molecule has 1 aromatic heterocycles. The number of nitrogens with one attached hydrogen (secondary N) is 1. The number of carbonyl (C=O) groups excluding carboxylic acids is 2. The molecule has 7 heteroatoms. The number of hydrogen-bond donors (Lipinski definition) is 1. The molecule has 0 aliphatic rings. The van der Waals surface area contributed by atoms with Crippen molar-refractivity contribution in [3.8, 4) is 0 Å². The quantitative estimate of drug-likeness (QED) is 0.612. The molecular formula is C17H20N2O4S. The summed E-state index contributed by atoms with van der Waals surface area (Å²) in [5, 5.41) is 6.67. The van der Waals surface area contributed by atoms with E-state index in [9.17, 15) is 9.59 Å². The van der Waals surface area contributed by atoms with Gasteiger partial charge < -0.3 is 14.6 Å². The summed E-state index contributed by atoms with van der Waals surface area (Å²) in [5.41, 5.74) is 1.39. The molecule has 1 N–H and O–H groups in total. The van der Waals surface area contributed by atoms with E-state index >= 15 is 0 Å². The fourth-order valence-corrected chi connectivity index (χ4v) is 3.02. The summed E-state index contributed by atoms with van der Waals surface area (Å²) in [6.07, 6.45) is 0.134. The minimum absolute atomic E-state index is 0.134. The Morgan fingerprint density at radius 1 is 1.38 bits per heavy atom. The molecule has 0 saturated heterocycles. The van der Waals surface area contributed by atoms with Gasteiger partial charge in [0.1, 0.15) is 5.76 Å². The predicted octanol–water partition coefficient (Wildman–Crippen LogP) is 2.96. The molecule has 128 valence electrons. The summed E-state index contributed by atoms with van der Waals surface area (Å²) in [5.74, 6) is 0.768. The third kappa shape index (κ3) is 5.13. The van der Waals surface area contributed by atoms with E-state index in [2.05, 4.69) is 15.2 Å². The van der Waals surface area contributed by atoms with Gasteiger partial charge in [-0.05, 0) is 26.0 Å². The maximum absolute atomic E-state index is 12.4. The van der Waals surface area contributed by atoms with Gasteiger partial charge in [0.25, 0.3) is 5.91 Å². The number of benzene rings is 1. The summed E-state index contributed by atoms with van der Waals surface area (Å²) >= 11 is 1.50. The van der Waals surface area contributed by atoms with Crippen molar-refractivity contribution in [1.29, 1.82) is 0 Å². The van der Waals surface area contributed by atoms with Crippen LogP contribution in [0.4, 0.5) is 0 Å². The molecule has 0 aliphatic heterocycles. The van der Waals surface area contributed by atoms with Gasteiger partial charge in [-0.1, -0.05) is 17.3 Å². The van der Waals surface area contributed by atoms with E-state index in [4.69, 9.17) is 4.52 Å². The molecule has 0 bridgehead atoms. The lowest BCUT2D eigenvalue weighted by Gasteiger charge is -2.14. The van der Waals surface area contributed by atoms with Gasteiger partial charge in [0.05, 0.1) is 30.5 Å². The minimum Gasteiger partial charge on any atom is -0.469 e. The second-order valence-corrected chi connectivity index (χ2v) is 6.39. The fourth-order valence-electron chi connectivity index (χ4n) is 2.10. The third-order valence-corrected chi connectivity index (χ3v) is 4.35. The van der Waals surface area contributed by atoms with E-state index in [1.807, 2.05) is 31.2 Å². The summed E-state index contributed by atoms with van der Waals surface area (Å²) in [7, 11) is 1.33. The van der Waals surface area contributed by atoms with Gasteiger partial charge in [-0.3, -0.25) is 9.59 Å². The first-order valence-electron chi connectivity index (χ1n) is 7.51. The van der Waals surface area contributed by atoms with Crippen molar-refractivity contribution in [1.82, 2.24) is 10.5 Å². The topological polar surface area (TPSA) is 81.4 Å². The van der Waals surface area contributed by atoms with E-state index in [-0.39, 0.29) is 24.3 Å². The highest BCUT2D eigenvalue weighted by atomic mass is 32.2. The van der Waals surface area contributed by atoms with Crippen molar-refractivity contribution in [2.24, 2.45) is 0 Å². The number of aryl methyl sites for hydroxylation is 1.